The highest BCUT2D eigenvalue weighted by Crippen LogP contribution is 2.21. The Labute approximate surface area is 258 Å². The van der Waals surface area contributed by atoms with Crippen LogP contribution in [0.1, 0.15) is 19.8 Å². The molecule has 17 heteroatoms. The number of sulfonamides is 1. The average molecular weight is 649 g/mol. The molecule has 0 bridgehead atoms. The molecule has 4 rings (SSSR count). The Morgan fingerprint density at radius 2 is 1.64 bits per heavy atom. The van der Waals surface area contributed by atoms with Crippen molar-refractivity contribution in [2.24, 2.45) is 0 Å². The Bertz CT molecular complexity index is 1520. The van der Waals surface area contributed by atoms with Gasteiger partial charge >= 0.3 is 11.9 Å². The summed E-state index contributed by atoms with van der Waals surface area (Å²) in [5, 5.41) is 0.713. The summed E-state index contributed by atoms with van der Waals surface area (Å²) < 4.78 is 47.0. The van der Waals surface area contributed by atoms with Crippen LogP contribution in [0.4, 0.5) is 10.1 Å². The molecule has 1 N–H and O–H groups in total. The third-order valence-corrected chi connectivity index (χ3v) is 8.81. The van der Waals surface area contributed by atoms with Crippen LogP contribution in [0.25, 0.3) is 0 Å². The van der Waals surface area contributed by atoms with Crippen LogP contribution in [0.2, 0.25) is 0 Å². The number of aromatic nitrogens is 1. The number of carbonyl (C=O) groups is 5. The highest BCUT2D eigenvalue weighted by molar-refractivity contribution is 7.89. The van der Waals surface area contributed by atoms with E-state index >= 15 is 0 Å². The number of hydrogen-bond acceptors (Lipinski definition) is 11. The van der Waals surface area contributed by atoms with Crippen molar-refractivity contribution < 1.29 is 46.4 Å². The second kappa shape index (κ2) is 14.4. The second-order valence-electron chi connectivity index (χ2n) is 10.3. The molecule has 2 saturated heterocycles. The summed E-state index contributed by atoms with van der Waals surface area (Å²) in [5.41, 5.74) is 0.923. The molecule has 1 unspecified atom stereocenters. The molecule has 45 heavy (non-hydrogen) atoms. The zero-order valence-corrected chi connectivity index (χ0v) is 25.4. The van der Waals surface area contributed by atoms with Gasteiger partial charge < -0.3 is 24.3 Å². The molecular weight excluding hydrogens is 615 g/mol. The summed E-state index contributed by atoms with van der Waals surface area (Å²) in [6.07, 6.45) is 2.07. The maximum absolute atomic E-state index is 14.0. The second-order valence-corrected chi connectivity index (χ2v) is 12.0. The maximum Gasteiger partial charge on any atom is 0.329 e. The van der Waals surface area contributed by atoms with E-state index in [2.05, 4.69) is 19.3 Å². The van der Waals surface area contributed by atoms with Crippen molar-refractivity contribution in [1.29, 1.82) is 0 Å². The van der Waals surface area contributed by atoms with Crippen molar-refractivity contribution in [1.82, 2.24) is 24.6 Å². The summed E-state index contributed by atoms with van der Waals surface area (Å²) >= 11 is 0. The lowest BCUT2D eigenvalue weighted by Gasteiger charge is -2.40. The van der Waals surface area contributed by atoms with Crippen LogP contribution in [0.5, 0.6) is 0 Å². The van der Waals surface area contributed by atoms with Crippen LogP contribution in [-0.4, -0.2) is 116 Å². The zero-order chi connectivity index (χ0) is 32.7. The lowest BCUT2D eigenvalue weighted by molar-refractivity contribution is -0.207. The van der Waals surface area contributed by atoms with Gasteiger partial charge in [0.25, 0.3) is 5.91 Å². The minimum atomic E-state index is -4.47. The lowest BCUT2D eigenvalue weighted by atomic mass is 10.0. The van der Waals surface area contributed by atoms with Crippen LogP contribution < -0.4 is 9.62 Å². The zero-order valence-electron chi connectivity index (χ0n) is 24.6. The molecular formula is C28H33FN6O9S. The fourth-order valence-electron chi connectivity index (χ4n) is 5.03. The van der Waals surface area contributed by atoms with Gasteiger partial charge in [0.15, 0.2) is 0 Å². The molecule has 0 saturated carbocycles. The fourth-order valence-corrected chi connectivity index (χ4v) is 6.22. The maximum atomic E-state index is 14.0. The predicted molar refractivity (Wildman–Crippen MR) is 154 cm³/mol. The van der Waals surface area contributed by atoms with Gasteiger partial charge in [-0.1, -0.05) is 0 Å². The molecule has 2 fully saturated rings. The Morgan fingerprint density at radius 1 is 1.00 bits per heavy atom. The van der Waals surface area contributed by atoms with Gasteiger partial charge in [0.2, 0.25) is 21.8 Å². The van der Waals surface area contributed by atoms with Crippen molar-refractivity contribution in [2.75, 3.05) is 51.3 Å². The molecule has 0 radical (unpaired) electrons. The number of halogens is 1. The van der Waals surface area contributed by atoms with E-state index < -0.39 is 70.4 Å². The third kappa shape index (κ3) is 8.30. The topological polar surface area (TPSA) is 176 Å². The molecule has 15 nitrogen and oxygen atoms in total. The SMILES string of the molecule is COC(=O)C[C@H]1C(=O)N(OC(C)=O)CCN1C(=O)C(CC(=O)N1CCN(c2ccncc2)CC1)NS(=O)(=O)c1ccc(F)cc1. The number of benzene rings is 1. The first-order valence-corrected chi connectivity index (χ1v) is 15.5. The number of ether oxygens (including phenoxy) is 1. The molecule has 1 aromatic carbocycles. The van der Waals surface area contributed by atoms with Crippen molar-refractivity contribution >= 4 is 45.4 Å². The number of nitrogens with zero attached hydrogens (tertiary/aromatic N) is 5. The normalized spacial score (nSPS) is 17.9. The van der Waals surface area contributed by atoms with Crippen LogP contribution in [0.15, 0.2) is 53.7 Å². The van der Waals surface area contributed by atoms with E-state index in [-0.39, 0.29) is 31.1 Å². The van der Waals surface area contributed by atoms with E-state index in [1.807, 2.05) is 12.1 Å². The van der Waals surface area contributed by atoms with Crippen molar-refractivity contribution in [3.8, 4) is 0 Å². The van der Waals surface area contributed by atoms with E-state index in [0.717, 1.165) is 48.9 Å². The first kappa shape index (κ1) is 33.3. The monoisotopic (exact) mass is 648 g/mol. The molecule has 1 aromatic heterocycles. The van der Waals surface area contributed by atoms with Gasteiger partial charge in [0.1, 0.15) is 17.9 Å². The van der Waals surface area contributed by atoms with Crippen molar-refractivity contribution in [3.05, 3.63) is 54.6 Å². The van der Waals surface area contributed by atoms with E-state index in [0.29, 0.717) is 18.2 Å². The quantitative estimate of drug-likeness (QED) is 0.335. The molecule has 242 valence electrons. The summed E-state index contributed by atoms with van der Waals surface area (Å²) in [7, 11) is -3.39. The number of hydroxylamine groups is 2. The number of nitrogens with one attached hydrogen (secondary N) is 1. The Balaban J connectivity index is 1.58. The average Bonchev–Trinajstić information content (AvgIpc) is 3.02. The van der Waals surface area contributed by atoms with Crippen LogP contribution in [-0.2, 0) is 43.6 Å². The van der Waals surface area contributed by atoms with Crippen molar-refractivity contribution in [3.63, 3.8) is 0 Å². The molecule has 2 aromatic rings. The summed E-state index contributed by atoms with van der Waals surface area (Å²) in [6.45, 7) is 2.07. The van der Waals surface area contributed by atoms with E-state index in [9.17, 15) is 36.8 Å². The highest BCUT2D eigenvalue weighted by atomic mass is 32.2. The number of amides is 3. The van der Waals surface area contributed by atoms with Gasteiger partial charge in [0.05, 0.1) is 31.4 Å². The van der Waals surface area contributed by atoms with Crippen molar-refractivity contribution in [2.45, 2.75) is 36.7 Å². The lowest BCUT2D eigenvalue weighted by Crippen LogP contribution is -2.63. The first-order chi connectivity index (χ1) is 21.4. The predicted octanol–water partition coefficient (Wildman–Crippen LogP) is -0.313. The number of esters is 1. The molecule has 2 aliphatic rings. The van der Waals surface area contributed by atoms with E-state index in [1.165, 1.54) is 4.90 Å². The molecule has 3 amide bonds. The number of piperazine rings is 2. The first-order valence-electron chi connectivity index (χ1n) is 14.0. The van der Waals surface area contributed by atoms with E-state index in [1.54, 1.807) is 12.4 Å². The molecule has 0 spiro atoms. The largest absolute Gasteiger partial charge is 0.469 e. The number of pyridine rings is 1. The number of carbonyl (C=O) groups excluding carboxylic acids is 5. The standard InChI is InChI=1S/C28H33FN6O9S/c1-19(36)44-35-16-15-34(24(28(35)40)18-26(38)43-2)27(39)23(31-45(41,42)22-5-3-20(29)4-6-22)17-25(37)33-13-11-32(12-14-33)21-7-9-30-10-8-21/h3-10,23-24,31H,11-18H2,1-2H3/t23?,24-/m0/s1. The van der Waals surface area contributed by atoms with Gasteiger partial charge in [-0.05, 0) is 36.4 Å². The molecule has 2 aliphatic heterocycles. The van der Waals surface area contributed by atoms with E-state index in [4.69, 9.17) is 4.84 Å². The van der Waals surface area contributed by atoms with Gasteiger partial charge in [-0.15, -0.1) is 0 Å². The van der Waals surface area contributed by atoms with Gasteiger partial charge in [-0.25, -0.2) is 12.8 Å². The van der Waals surface area contributed by atoms with Crippen LogP contribution >= 0.6 is 0 Å². The summed E-state index contributed by atoms with van der Waals surface area (Å²) in [4.78, 5) is 77.5. The number of rotatable bonds is 10. The minimum Gasteiger partial charge on any atom is -0.469 e. The number of hydrogen-bond donors (Lipinski definition) is 1. The Hall–Kier alpha value is -4.64. The van der Waals surface area contributed by atoms with Gasteiger partial charge in [-0.3, -0.25) is 29.0 Å². The van der Waals surface area contributed by atoms with Gasteiger partial charge in [-0.2, -0.15) is 9.79 Å². The minimum absolute atomic E-state index is 0.257. The smallest absolute Gasteiger partial charge is 0.329 e. The fraction of sp³-hybridized carbons (Fsp3) is 0.429. The number of anilines is 1. The molecule has 3 heterocycles. The summed E-state index contributed by atoms with van der Waals surface area (Å²) in [6, 6.07) is 4.31. The van der Waals surface area contributed by atoms with Crippen LogP contribution in [0.3, 0.4) is 0 Å². The molecule has 2 atom stereocenters. The highest BCUT2D eigenvalue weighted by Gasteiger charge is 2.44. The Morgan fingerprint density at radius 3 is 2.24 bits per heavy atom. The molecule has 0 aliphatic carbocycles. The summed E-state index contributed by atoms with van der Waals surface area (Å²) in [5.74, 6) is -4.75. The Kier molecular flexibility index (Phi) is 10.7. The van der Waals surface area contributed by atoms with Gasteiger partial charge in [0, 0.05) is 57.7 Å². The van der Waals surface area contributed by atoms with Crippen LogP contribution in [0, 0.1) is 5.82 Å². The third-order valence-electron chi connectivity index (χ3n) is 7.32. The number of methoxy groups -OCH3 is 1.